The van der Waals surface area contributed by atoms with E-state index in [0.717, 1.165) is 0 Å². The second-order valence-corrected chi connectivity index (χ2v) is 5.42. The summed E-state index contributed by atoms with van der Waals surface area (Å²) in [5, 5.41) is 13.0. The predicted molar refractivity (Wildman–Crippen MR) is 82.4 cm³/mol. The number of carboxylic acid groups (broad SMARTS) is 1. The summed E-state index contributed by atoms with van der Waals surface area (Å²) in [5.41, 5.74) is 2.06. The molecule has 0 saturated heterocycles. The summed E-state index contributed by atoms with van der Waals surface area (Å²) >= 11 is 6.01. The number of ether oxygens (including phenoxy) is 1. The van der Waals surface area contributed by atoms with Crippen molar-refractivity contribution in [2.75, 3.05) is 7.11 Å². The van der Waals surface area contributed by atoms with Gasteiger partial charge in [0.2, 0.25) is 0 Å². The number of aliphatic carboxylic acids is 1. The number of allylic oxidation sites excluding steroid dienone is 2. The Morgan fingerprint density at radius 2 is 1.86 bits per heavy atom. The molecule has 1 aromatic carbocycles. The summed E-state index contributed by atoms with van der Waals surface area (Å²) in [6.45, 7) is 3.38. The van der Waals surface area contributed by atoms with Gasteiger partial charge in [-0.2, -0.15) is 0 Å². The highest BCUT2D eigenvalue weighted by Crippen LogP contribution is 2.39. The summed E-state index contributed by atoms with van der Waals surface area (Å²) in [7, 11) is 1.27. The molecule has 0 radical (unpaired) electrons. The molecule has 0 saturated carbocycles. The maximum absolute atomic E-state index is 12.2. The third-order valence-electron chi connectivity index (χ3n) is 3.58. The number of hydrogen-bond donors (Lipinski definition) is 2. The molecule has 0 aromatic heterocycles. The molecule has 1 aliphatic rings. The van der Waals surface area contributed by atoms with E-state index in [4.69, 9.17) is 16.3 Å². The van der Waals surface area contributed by atoms with Crippen molar-refractivity contribution in [1.82, 2.24) is 5.32 Å². The number of carbonyl (C=O) groups excluding carboxylic acids is 1. The van der Waals surface area contributed by atoms with E-state index in [-0.39, 0.29) is 11.1 Å². The molecule has 1 atom stereocenters. The Bertz CT molecular complexity index is 706. The molecule has 0 fully saturated rings. The zero-order valence-electron chi connectivity index (χ0n) is 12.4. The number of rotatable bonds is 3. The van der Waals surface area contributed by atoms with E-state index in [1.54, 1.807) is 38.1 Å². The second kappa shape index (κ2) is 6.23. The van der Waals surface area contributed by atoms with E-state index in [1.165, 1.54) is 7.11 Å². The first-order valence-electron chi connectivity index (χ1n) is 6.62. The highest BCUT2D eigenvalue weighted by molar-refractivity contribution is 6.30. The summed E-state index contributed by atoms with van der Waals surface area (Å²) in [4.78, 5) is 23.8. The van der Waals surface area contributed by atoms with E-state index in [0.29, 0.717) is 22.0 Å². The van der Waals surface area contributed by atoms with Crippen molar-refractivity contribution >= 4 is 23.5 Å². The maximum Gasteiger partial charge on any atom is 0.336 e. The molecule has 2 rings (SSSR count). The van der Waals surface area contributed by atoms with E-state index in [1.807, 2.05) is 0 Å². The van der Waals surface area contributed by atoms with Gasteiger partial charge < -0.3 is 15.2 Å². The lowest BCUT2D eigenvalue weighted by Gasteiger charge is -2.29. The Hall–Kier alpha value is -2.27. The summed E-state index contributed by atoms with van der Waals surface area (Å²) < 4.78 is 4.82. The van der Waals surface area contributed by atoms with Gasteiger partial charge in [0.05, 0.1) is 24.2 Å². The minimum Gasteiger partial charge on any atom is -0.478 e. The zero-order chi connectivity index (χ0) is 16.4. The predicted octanol–water partition coefficient (Wildman–Crippen LogP) is 2.83. The first-order valence-corrected chi connectivity index (χ1v) is 7.00. The number of nitrogens with one attached hydrogen (secondary N) is 1. The zero-order valence-corrected chi connectivity index (χ0v) is 13.2. The highest BCUT2D eigenvalue weighted by Gasteiger charge is 2.36. The Kier molecular flexibility index (Phi) is 4.56. The summed E-state index contributed by atoms with van der Waals surface area (Å²) in [5.74, 6) is -2.39. The van der Waals surface area contributed by atoms with Gasteiger partial charge in [-0.15, -0.1) is 0 Å². The normalized spacial score (nSPS) is 18.1. The molecule has 1 aliphatic heterocycles. The van der Waals surface area contributed by atoms with Gasteiger partial charge in [-0.25, -0.2) is 9.59 Å². The number of benzene rings is 1. The molecule has 5 nitrogen and oxygen atoms in total. The lowest BCUT2D eigenvalue weighted by atomic mass is 9.80. The average Bonchev–Trinajstić information content (AvgIpc) is 2.45. The number of carbonyl (C=O) groups is 2. The molecule has 0 aliphatic carbocycles. The van der Waals surface area contributed by atoms with Gasteiger partial charge in [-0.05, 0) is 31.5 Å². The third-order valence-corrected chi connectivity index (χ3v) is 3.81. The molecular formula is C16H16ClNO4. The smallest absolute Gasteiger partial charge is 0.336 e. The molecule has 1 heterocycles. The number of hydrogen-bond acceptors (Lipinski definition) is 4. The Labute approximate surface area is 133 Å². The van der Waals surface area contributed by atoms with Crippen LogP contribution in [0.15, 0.2) is 46.8 Å². The van der Waals surface area contributed by atoms with Crippen LogP contribution < -0.4 is 5.32 Å². The molecule has 0 bridgehead atoms. The van der Waals surface area contributed by atoms with E-state index in [9.17, 15) is 14.7 Å². The van der Waals surface area contributed by atoms with Gasteiger partial charge in [-0.1, -0.05) is 23.7 Å². The quantitative estimate of drug-likeness (QED) is 0.837. The number of dihydropyridines is 1. The van der Waals surface area contributed by atoms with Crippen molar-refractivity contribution in [3.05, 3.63) is 57.4 Å². The average molecular weight is 322 g/mol. The highest BCUT2D eigenvalue weighted by atomic mass is 35.5. The number of halogens is 1. The molecular weight excluding hydrogens is 306 g/mol. The summed E-state index contributed by atoms with van der Waals surface area (Å²) in [6, 6.07) is 6.81. The fourth-order valence-corrected chi connectivity index (χ4v) is 2.88. The van der Waals surface area contributed by atoms with Gasteiger partial charge in [0.25, 0.3) is 0 Å². The van der Waals surface area contributed by atoms with E-state index >= 15 is 0 Å². The van der Waals surface area contributed by atoms with Crippen LogP contribution in [0.4, 0.5) is 0 Å². The molecule has 2 N–H and O–H groups in total. The fraction of sp³-hybridized carbons (Fsp3) is 0.250. The van der Waals surface area contributed by atoms with Crippen molar-refractivity contribution < 1.29 is 19.4 Å². The van der Waals surface area contributed by atoms with Crippen LogP contribution in [0.2, 0.25) is 5.02 Å². The first-order chi connectivity index (χ1) is 10.4. The van der Waals surface area contributed by atoms with Gasteiger partial charge in [0, 0.05) is 16.4 Å². The van der Waals surface area contributed by atoms with Gasteiger partial charge in [0.15, 0.2) is 0 Å². The second-order valence-electron chi connectivity index (χ2n) is 4.99. The number of carboxylic acids is 1. The summed E-state index contributed by atoms with van der Waals surface area (Å²) in [6.07, 6.45) is 0. The van der Waals surface area contributed by atoms with Crippen LogP contribution >= 0.6 is 11.6 Å². The first kappa shape index (κ1) is 16.1. The third kappa shape index (κ3) is 2.85. The Morgan fingerprint density at radius 1 is 1.23 bits per heavy atom. The largest absolute Gasteiger partial charge is 0.478 e. The molecule has 6 heteroatoms. The van der Waals surface area contributed by atoms with Crippen LogP contribution in [0, 0.1) is 0 Å². The minimum absolute atomic E-state index is 0.105. The minimum atomic E-state index is -1.09. The van der Waals surface area contributed by atoms with Crippen molar-refractivity contribution in [2.24, 2.45) is 0 Å². The molecule has 0 spiro atoms. The fourth-order valence-electron chi connectivity index (χ4n) is 2.68. The molecule has 0 amide bonds. The topological polar surface area (TPSA) is 75.6 Å². The van der Waals surface area contributed by atoms with E-state index < -0.39 is 17.9 Å². The van der Waals surface area contributed by atoms with Crippen LogP contribution in [0.3, 0.4) is 0 Å². The number of methoxy groups -OCH3 is 1. The van der Waals surface area contributed by atoms with Crippen LogP contribution in [-0.2, 0) is 14.3 Å². The van der Waals surface area contributed by atoms with Gasteiger partial charge in [0.1, 0.15) is 0 Å². The monoisotopic (exact) mass is 321 g/mol. The van der Waals surface area contributed by atoms with Crippen LogP contribution in [-0.4, -0.2) is 24.2 Å². The van der Waals surface area contributed by atoms with E-state index in [2.05, 4.69) is 5.32 Å². The number of esters is 1. The van der Waals surface area contributed by atoms with Crippen molar-refractivity contribution in [1.29, 1.82) is 0 Å². The standard InChI is InChI=1S/C16H16ClNO4/c1-8-12(15(19)20)14(10-5-4-6-11(17)7-10)13(9(2)18-8)16(21)22-3/h4-7,14,18H,1-3H3,(H,19,20). The van der Waals surface area contributed by atoms with Crippen molar-refractivity contribution in [2.45, 2.75) is 19.8 Å². The SMILES string of the molecule is COC(=O)C1=C(C)NC(C)=C(C(=O)O)C1c1cccc(Cl)c1. The van der Waals surface area contributed by atoms with Crippen molar-refractivity contribution in [3.8, 4) is 0 Å². The maximum atomic E-state index is 12.2. The van der Waals surface area contributed by atoms with Crippen LogP contribution in [0.5, 0.6) is 0 Å². The van der Waals surface area contributed by atoms with Gasteiger partial charge in [-0.3, -0.25) is 0 Å². The van der Waals surface area contributed by atoms with Crippen LogP contribution in [0.25, 0.3) is 0 Å². The molecule has 1 unspecified atom stereocenters. The molecule has 1 aromatic rings. The van der Waals surface area contributed by atoms with Crippen molar-refractivity contribution in [3.63, 3.8) is 0 Å². The van der Waals surface area contributed by atoms with Gasteiger partial charge >= 0.3 is 11.9 Å². The lowest BCUT2D eigenvalue weighted by Crippen LogP contribution is -2.31. The Morgan fingerprint density at radius 3 is 2.41 bits per heavy atom. The van der Waals surface area contributed by atoms with Crippen LogP contribution in [0.1, 0.15) is 25.3 Å². The Balaban J connectivity index is 2.70. The molecule has 22 heavy (non-hydrogen) atoms. The molecule has 116 valence electrons. The lowest BCUT2D eigenvalue weighted by molar-refractivity contribution is -0.136.